The molecule has 0 aliphatic rings. The summed E-state index contributed by atoms with van der Waals surface area (Å²) in [7, 11) is 0. The Morgan fingerprint density at radius 1 is 1.78 bits per heavy atom. The molecular formula is C6H13NO2. The molecule has 0 fully saturated rings. The maximum atomic E-state index is 8.23. The van der Waals surface area contributed by atoms with Gasteiger partial charge in [-0.1, -0.05) is 6.58 Å². The van der Waals surface area contributed by atoms with Gasteiger partial charge in [-0.05, 0) is 19.4 Å². The zero-order valence-electron chi connectivity index (χ0n) is 5.79. The highest BCUT2D eigenvalue weighted by Gasteiger charge is 2.13. The van der Waals surface area contributed by atoms with E-state index in [2.05, 4.69) is 11.5 Å². The van der Waals surface area contributed by atoms with E-state index in [0.717, 1.165) is 5.57 Å². The molecule has 0 amide bonds. The highest BCUT2D eigenvalue weighted by molar-refractivity contribution is 5.00. The van der Waals surface area contributed by atoms with Crippen molar-refractivity contribution in [1.29, 1.82) is 0 Å². The first kappa shape index (κ1) is 8.62. The second-order valence-electron chi connectivity index (χ2n) is 2.23. The Hall–Kier alpha value is -0.380. The monoisotopic (exact) mass is 131 g/mol. The van der Waals surface area contributed by atoms with E-state index >= 15 is 0 Å². The van der Waals surface area contributed by atoms with Crippen molar-refractivity contribution in [3.05, 3.63) is 12.2 Å². The zero-order chi connectivity index (χ0) is 7.44. The largest absolute Gasteiger partial charge is 0.325 e. The first-order valence-corrected chi connectivity index (χ1v) is 2.80. The van der Waals surface area contributed by atoms with E-state index in [0.29, 0.717) is 0 Å². The normalized spacial score (nSPS) is 16.9. The number of hydrogen-bond acceptors (Lipinski definition) is 3. The third-order valence-electron chi connectivity index (χ3n) is 1.08. The Morgan fingerprint density at radius 2 is 2.22 bits per heavy atom. The van der Waals surface area contributed by atoms with Crippen LogP contribution in [-0.2, 0) is 4.89 Å². The van der Waals surface area contributed by atoms with Crippen LogP contribution >= 0.6 is 0 Å². The van der Waals surface area contributed by atoms with Crippen LogP contribution in [0.25, 0.3) is 0 Å². The molecule has 3 nitrogen and oxygen atoms in total. The highest BCUT2D eigenvalue weighted by Crippen LogP contribution is 2.04. The zero-order valence-corrected chi connectivity index (χ0v) is 5.79. The molecule has 0 saturated heterocycles. The van der Waals surface area contributed by atoms with Gasteiger partial charge in [-0.25, -0.2) is 4.89 Å². The smallest absolute Gasteiger partial charge is 0.128 e. The lowest BCUT2D eigenvalue weighted by Gasteiger charge is -2.16. The van der Waals surface area contributed by atoms with Crippen molar-refractivity contribution in [1.82, 2.24) is 0 Å². The highest BCUT2D eigenvalue weighted by atomic mass is 17.1. The van der Waals surface area contributed by atoms with Crippen LogP contribution in [0.15, 0.2) is 12.2 Å². The quantitative estimate of drug-likeness (QED) is 0.338. The molecule has 0 aromatic carbocycles. The van der Waals surface area contributed by atoms with Gasteiger partial charge in [-0.2, -0.15) is 0 Å². The van der Waals surface area contributed by atoms with Gasteiger partial charge in [0.1, 0.15) is 6.10 Å². The number of nitrogens with two attached hydrogens (primary N) is 1. The molecule has 0 aromatic rings. The van der Waals surface area contributed by atoms with Crippen LogP contribution in [0, 0.1) is 0 Å². The maximum Gasteiger partial charge on any atom is 0.128 e. The van der Waals surface area contributed by atoms with Gasteiger partial charge < -0.3 is 5.73 Å². The Balaban J connectivity index is 3.83. The van der Waals surface area contributed by atoms with Gasteiger partial charge in [0.2, 0.25) is 0 Å². The van der Waals surface area contributed by atoms with Crippen LogP contribution in [0.1, 0.15) is 13.8 Å². The van der Waals surface area contributed by atoms with Gasteiger partial charge in [0.05, 0.1) is 0 Å². The lowest BCUT2D eigenvalue weighted by Crippen LogP contribution is -2.33. The summed E-state index contributed by atoms with van der Waals surface area (Å²) >= 11 is 0. The molecule has 0 rings (SSSR count). The van der Waals surface area contributed by atoms with Crippen molar-refractivity contribution in [2.24, 2.45) is 5.73 Å². The van der Waals surface area contributed by atoms with E-state index in [4.69, 9.17) is 11.0 Å². The van der Waals surface area contributed by atoms with Crippen molar-refractivity contribution in [2.45, 2.75) is 26.0 Å². The average molecular weight is 131 g/mol. The van der Waals surface area contributed by atoms with Crippen molar-refractivity contribution in [3.8, 4) is 0 Å². The van der Waals surface area contributed by atoms with Crippen LogP contribution < -0.4 is 5.73 Å². The summed E-state index contributed by atoms with van der Waals surface area (Å²) in [4.78, 5) is 4.05. The fourth-order valence-corrected chi connectivity index (χ4v) is 0.635. The molecule has 3 N–H and O–H groups in total. The molecule has 9 heavy (non-hydrogen) atoms. The molecule has 0 aromatic heterocycles. The fraction of sp³-hybridized carbons (Fsp3) is 0.667. The molecule has 0 aliphatic heterocycles. The summed E-state index contributed by atoms with van der Waals surface area (Å²) in [5.41, 5.74) is 6.13. The maximum absolute atomic E-state index is 8.23. The molecule has 0 saturated carbocycles. The lowest BCUT2D eigenvalue weighted by molar-refractivity contribution is -0.271. The lowest BCUT2D eigenvalue weighted by atomic mass is 10.1. The van der Waals surface area contributed by atoms with Crippen molar-refractivity contribution in [2.75, 3.05) is 0 Å². The minimum absolute atomic E-state index is 0.215. The Bertz CT molecular complexity index is 101. The molecule has 2 atom stereocenters. The van der Waals surface area contributed by atoms with E-state index in [-0.39, 0.29) is 6.04 Å². The third kappa shape index (κ3) is 2.60. The van der Waals surface area contributed by atoms with E-state index < -0.39 is 6.10 Å². The number of hydrogen-bond donors (Lipinski definition) is 2. The van der Waals surface area contributed by atoms with Gasteiger partial charge in [-0.3, -0.25) is 5.26 Å². The first-order valence-electron chi connectivity index (χ1n) is 2.80. The predicted molar refractivity (Wildman–Crippen MR) is 36.0 cm³/mol. The van der Waals surface area contributed by atoms with Crippen LogP contribution in [0.4, 0.5) is 0 Å². The van der Waals surface area contributed by atoms with Crippen LogP contribution in [0.5, 0.6) is 0 Å². The van der Waals surface area contributed by atoms with Gasteiger partial charge in [-0.15, -0.1) is 0 Å². The van der Waals surface area contributed by atoms with Crippen LogP contribution in [-0.4, -0.2) is 17.4 Å². The van der Waals surface area contributed by atoms with Crippen molar-refractivity contribution < 1.29 is 10.1 Å². The van der Waals surface area contributed by atoms with Gasteiger partial charge in [0, 0.05) is 6.04 Å². The van der Waals surface area contributed by atoms with Gasteiger partial charge in [0.25, 0.3) is 0 Å². The molecule has 0 heterocycles. The van der Waals surface area contributed by atoms with Crippen molar-refractivity contribution in [3.63, 3.8) is 0 Å². The van der Waals surface area contributed by atoms with Gasteiger partial charge in [0.15, 0.2) is 0 Å². The van der Waals surface area contributed by atoms with Crippen molar-refractivity contribution >= 4 is 0 Å². The third-order valence-corrected chi connectivity index (χ3v) is 1.08. The average Bonchev–Trinajstić information content (AvgIpc) is 1.64. The summed E-state index contributed by atoms with van der Waals surface area (Å²) in [5.74, 6) is 0. The molecule has 0 spiro atoms. The van der Waals surface area contributed by atoms with Crippen LogP contribution in [0.3, 0.4) is 0 Å². The Kier molecular flexibility index (Phi) is 3.46. The fourth-order valence-electron chi connectivity index (χ4n) is 0.635. The first-order chi connectivity index (χ1) is 4.09. The Morgan fingerprint density at radius 3 is 2.22 bits per heavy atom. The molecule has 0 bridgehead atoms. The Labute approximate surface area is 55.1 Å². The molecule has 0 unspecified atom stereocenters. The minimum atomic E-state index is -0.440. The molecule has 3 heteroatoms. The topological polar surface area (TPSA) is 55.5 Å². The molecule has 54 valence electrons. The SMILES string of the molecule is C=C(C)[C@@H](OO)[C@H](C)N. The second kappa shape index (κ2) is 3.61. The van der Waals surface area contributed by atoms with Gasteiger partial charge >= 0.3 is 0 Å². The molecule has 0 aliphatic carbocycles. The predicted octanol–water partition coefficient (Wildman–Crippen LogP) is 0.768. The summed E-state index contributed by atoms with van der Waals surface area (Å²) in [6, 6.07) is -0.215. The van der Waals surface area contributed by atoms with E-state index in [1.54, 1.807) is 13.8 Å². The molecule has 0 radical (unpaired) electrons. The number of rotatable bonds is 3. The second-order valence-corrected chi connectivity index (χ2v) is 2.23. The standard InChI is InChI=1S/C6H13NO2/c1-4(2)6(9-8)5(3)7/h5-6,8H,1,7H2,2-3H3/t5-,6+/m0/s1. The summed E-state index contributed by atoms with van der Waals surface area (Å²) in [6.07, 6.45) is -0.440. The summed E-state index contributed by atoms with van der Waals surface area (Å²) in [6.45, 7) is 7.08. The minimum Gasteiger partial charge on any atom is -0.325 e. The van der Waals surface area contributed by atoms with E-state index in [1.165, 1.54) is 0 Å². The van der Waals surface area contributed by atoms with E-state index in [1.807, 2.05) is 0 Å². The molecular weight excluding hydrogens is 118 g/mol. The summed E-state index contributed by atoms with van der Waals surface area (Å²) in [5, 5.41) is 8.23. The van der Waals surface area contributed by atoms with Crippen LogP contribution in [0.2, 0.25) is 0 Å². The van der Waals surface area contributed by atoms with E-state index in [9.17, 15) is 0 Å². The summed E-state index contributed by atoms with van der Waals surface area (Å²) < 4.78 is 0.